The van der Waals surface area contributed by atoms with E-state index in [1.807, 2.05) is 6.07 Å². The van der Waals surface area contributed by atoms with Crippen molar-refractivity contribution < 1.29 is 9.53 Å². The van der Waals surface area contributed by atoms with Gasteiger partial charge in [-0.15, -0.1) is 11.3 Å². The minimum absolute atomic E-state index is 0.220. The number of ether oxygens (including phenoxy) is 1. The molecule has 0 amide bonds. The SMILES string of the molecule is COC(=O)c1sc(-c2ccccc2)cc1C1=C(C2CCC(C)(C)CC2)CCN(C)C1. The highest BCUT2D eigenvalue weighted by Gasteiger charge is 2.33. The fourth-order valence-corrected chi connectivity index (χ4v) is 6.08. The maximum absolute atomic E-state index is 12.7. The lowest BCUT2D eigenvalue weighted by Crippen LogP contribution is -2.31. The molecule has 1 fully saturated rings. The maximum atomic E-state index is 12.7. The zero-order valence-corrected chi connectivity index (χ0v) is 19.5. The fraction of sp³-hybridized carbons (Fsp3) is 0.500. The molecule has 4 heteroatoms. The third-order valence-electron chi connectivity index (χ3n) is 6.90. The van der Waals surface area contributed by atoms with Gasteiger partial charge < -0.3 is 9.64 Å². The highest BCUT2D eigenvalue weighted by atomic mass is 32.1. The predicted octanol–water partition coefficient (Wildman–Crippen LogP) is 6.51. The lowest BCUT2D eigenvalue weighted by Gasteiger charge is -2.39. The Bertz CT molecular complexity index is 931. The van der Waals surface area contributed by atoms with Crippen molar-refractivity contribution in [1.82, 2.24) is 4.90 Å². The van der Waals surface area contributed by atoms with E-state index in [2.05, 4.69) is 56.1 Å². The highest BCUT2D eigenvalue weighted by molar-refractivity contribution is 7.17. The first-order valence-corrected chi connectivity index (χ1v) is 11.9. The van der Waals surface area contributed by atoms with Gasteiger partial charge in [0.05, 0.1) is 7.11 Å². The first kappa shape index (κ1) is 21.3. The van der Waals surface area contributed by atoms with Crippen LogP contribution < -0.4 is 0 Å². The third-order valence-corrected chi connectivity index (χ3v) is 8.06. The second-order valence-electron chi connectivity index (χ2n) is 9.64. The van der Waals surface area contributed by atoms with Crippen molar-refractivity contribution in [3.8, 4) is 10.4 Å². The van der Waals surface area contributed by atoms with Crippen LogP contribution in [-0.4, -0.2) is 38.1 Å². The van der Waals surface area contributed by atoms with Gasteiger partial charge in [0, 0.05) is 23.5 Å². The Hall–Kier alpha value is -1.91. The number of hydrogen-bond acceptors (Lipinski definition) is 4. The first-order chi connectivity index (χ1) is 14.4. The van der Waals surface area contributed by atoms with E-state index in [9.17, 15) is 4.79 Å². The Morgan fingerprint density at radius 1 is 1.17 bits per heavy atom. The van der Waals surface area contributed by atoms with Crippen LogP contribution in [0.4, 0.5) is 0 Å². The van der Waals surface area contributed by atoms with E-state index in [1.165, 1.54) is 38.4 Å². The molecule has 0 saturated heterocycles. The zero-order chi connectivity index (χ0) is 21.3. The van der Waals surface area contributed by atoms with E-state index in [4.69, 9.17) is 4.74 Å². The van der Waals surface area contributed by atoms with Crippen LogP contribution in [0.15, 0.2) is 42.0 Å². The number of carbonyl (C=O) groups excluding carboxylic acids is 1. The summed E-state index contributed by atoms with van der Waals surface area (Å²) in [6.07, 6.45) is 6.20. The van der Waals surface area contributed by atoms with Crippen molar-refractivity contribution in [3.63, 3.8) is 0 Å². The van der Waals surface area contributed by atoms with Crippen molar-refractivity contribution in [2.75, 3.05) is 27.2 Å². The van der Waals surface area contributed by atoms with Crippen LogP contribution in [0.5, 0.6) is 0 Å². The smallest absolute Gasteiger partial charge is 0.348 e. The van der Waals surface area contributed by atoms with Gasteiger partial charge in [-0.2, -0.15) is 0 Å². The molecule has 2 heterocycles. The summed E-state index contributed by atoms with van der Waals surface area (Å²) in [6, 6.07) is 12.6. The van der Waals surface area contributed by atoms with Gasteiger partial charge in [0.2, 0.25) is 0 Å². The molecule has 0 radical (unpaired) electrons. The van der Waals surface area contributed by atoms with Crippen LogP contribution in [0.3, 0.4) is 0 Å². The quantitative estimate of drug-likeness (QED) is 0.525. The van der Waals surface area contributed by atoms with E-state index in [-0.39, 0.29) is 5.97 Å². The first-order valence-electron chi connectivity index (χ1n) is 11.1. The van der Waals surface area contributed by atoms with Crippen LogP contribution in [-0.2, 0) is 4.74 Å². The molecule has 0 bridgehead atoms. The van der Waals surface area contributed by atoms with Crippen LogP contribution in [0.2, 0.25) is 0 Å². The molecule has 30 heavy (non-hydrogen) atoms. The van der Waals surface area contributed by atoms with Gasteiger partial charge in [0.25, 0.3) is 0 Å². The van der Waals surface area contributed by atoms with Gasteiger partial charge >= 0.3 is 5.97 Å². The van der Waals surface area contributed by atoms with E-state index in [0.717, 1.165) is 40.4 Å². The van der Waals surface area contributed by atoms with E-state index < -0.39 is 0 Å². The number of benzene rings is 1. The highest BCUT2D eigenvalue weighted by Crippen LogP contribution is 2.46. The minimum Gasteiger partial charge on any atom is -0.465 e. The Labute approximate surface area is 184 Å². The van der Waals surface area contributed by atoms with Crippen LogP contribution in [0.1, 0.15) is 61.2 Å². The second-order valence-corrected chi connectivity index (χ2v) is 10.7. The molecule has 0 spiro atoms. The number of likely N-dealkylation sites (N-methyl/N-ethyl adjacent to an activating group) is 1. The van der Waals surface area contributed by atoms with Crippen molar-refractivity contribution in [2.45, 2.75) is 46.0 Å². The van der Waals surface area contributed by atoms with E-state index in [0.29, 0.717) is 11.3 Å². The lowest BCUT2D eigenvalue weighted by atomic mass is 9.69. The van der Waals surface area contributed by atoms with Gasteiger partial charge in [0.1, 0.15) is 4.88 Å². The Morgan fingerprint density at radius 3 is 2.53 bits per heavy atom. The normalized spacial score (nSPS) is 20.4. The Kier molecular flexibility index (Phi) is 6.17. The van der Waals surface area contributed by atoms with Gasteiger partial charge in [-0.05, 0) is 67.7 Å². The Balaban J connectivity index is 1.79. The molecule has 1 aliphatic heterocycles. The average Bonchev–Trinajstić information content (AvgIpc) is 3.19. The summed E-state index contributed by atoms with van der Waals surface area (Å²) in [7, 11) is 3.67. The summed E-state index contributed by atoms with van der Waals surface area (Å²) in [6.45, 7) is 6.80. The molecular weight excluding hydrogens is 390 g/mol. The van der Waals surface area contributed by atoms with Gasteiger partial charge in [-0.3, -0.25) is 0 Å². The van der Waals surface area contributed by atoms with Crippen LogP contribution in [0, 0.1) is 11.3 Å². The van der Waals surface area contributed by atoms with Gasteiger partial charge in [0.15, 0.2) is 0 Å². The standard InChI is InChI=1S/C26H33NO2S/c1-26(2)13-10-18(11-14-26)20-12-15-27(3)17-22(20)21-16-23(19-8-6-5-7-9-19)30-24(21)25(28)29-4/h5-9,16,18H,10-15,17H2,1-4H3. The number of carbonyl (C=O) groups is 1. The molecule has 0 N–H and O–H groups in total. The molecule has 1 aliphatic carbocycles. The number of methoxy groups -OCH3 is 1. The average molecular weight is 424 g/mol. The second kappa shape index (κ2) is 8.68. The third kappa shape index (κ3) is 4.40. The molecule has 2 aromatic rings. The van der Waals surface area contributed by atoms with Crippen molar-refractivity contribution in [2.24, 2.45) is 11.3 Å². The monoisotopic (exact) mass is 423 g/mol. The molecule has 3 nitrogen and oxygen atoms in total. The largest absolute Gasteiger partial charge is 0.465 e. The lowest BCUT2D eigenvalue weighted by molar-refractivity contribution is 0.0606. The van der Waals surface area contributed by atoms with E-state index >= 15 is 0 Å². The molecule has 160 valence electrons. The summed E-state index contributed by atoms with van der Waals surface area (Å²) >= 11 is 1.56. The summed E-state index contributed by atoms with van der Waals surface area (Å²) in [5.74, 6) is 0.425. The molecule has 0 atom stereocenters. The van der Waals surface area contributed by atoms with Crippen molar-refractivity contribution in [3.05, 3.63) is 52.4 Å². The molecular formula is C26H33NO2S. The van der Waals surface area contributed by atoms with Gasteiger partial charge in [-0.25, -0.2) is 4.79 Å². The molecule has 1 saturated carbocycles. The Morgan fingerprint density at radius 2 is 1.87 bits per heavy atom. The molecule has 0 unspecified atom stereocenters. The molecule has 2 aliphatic rings. The maximum Gasteiger partial charge on any atom is 0.348 e. The minimum atomic E-state index is -0.220. The van der Waals surface area contributed by atoms with Crippen LogP contribution in [0.25, 0.3) is 16.0 Å². The number of rotatable bonds is 4. The van der Waals surface area contributed by atoms with Crippen molar-refractivity contribution >= 4 is 22.9 Å². The molecule has 1 aromatic carbocycles. The number of esters is 1. The summed E-state index contributed by atoms with van der Waals surface area (Å²) < 4.78 is 5.19. The zero-order valence-electron chi connectivity index (χ0n) is 18.7. The summed E-state index contributed by atoms with van der Waals surface area (Å²) in [5, 5.41) is 0. The van der Waals surface area contributed by atoms with E-state index in [1.54, 1.807) is 16.9 Å². The topological polar surface area (TPSA) is 29.5 Å². The van der Waals surface area contributed by atoms with Crippen molar-refractivity contribution in [1.29, 1.82) is 0 Å². The summed E-state index contributed by atoms with van der Waals surface area (Å²) in [4.78, 5) is 17.0. The number of hydrogen-bond donors (Lipinski definition) is 0. The fourth-order valence-electron chi connectivity index (χ4n) is 4.97. The number of nitrogens with zero attached hydrogens (tertiary/aromatic N) is 1. The summed E-state index contributed by atoms with van der Waals surface area (Å²) in [5.41, 5.74) is 5.67. The van der Waals surface area contributed by atoms with Gasteiger partial charge in [-0.1, -0.05) is 49.8 Å². The molecule has 1 aromatic heterocycles. The van der Waals surface area contributed by atoms with Crippen LogP contribution >= 0.6 is 11.3 Å². The predicted molar refractivity (Wildman–Crippen MR) is 126 cm³/mol. The molecule has 4 rings (SSSR count). The number of thiophene rings is 1.